The van der Waals surface area contributed by atoms with E-state index in [1.165, 1.54) is 4.57 Å². The lowest BCUT2D eigenvalue weighted by molar-refractivity contribution is -0.142. The standard InChI is InChI=1S/C16H21FN6O8S/c1-32-16-21-11(20-15(30)19-8(14(28)29)5(26)2-24)9-12(22-16)23(4-18-9)13-7(17)10(27)6(3-25)31-13/h4-8,10,13,24-27H,2-3H2,1H3,(H,28,29)(H2,19,20,21,22,30)/t5?,6-,7+,8?,10?,13-/m1/s1. The molecular weight excluding hydrogens is 455 g/mol. The van der Waals surface area contributed by atoms with E-state index >= 15 is 0 Å². The van der Waals surface area contributed by atoms with E-state index in [2.05, 4.69) is 20.3 Å². The van der Waals surface area contributed by atoms with Gasteiger partial charge in [0.05, 0.1) is 19.5 Å². The number of imidazole rings is 1. The van der Waals surface area contributed by atoms with Gasteiger partial charge in [-0.1, -0.05) is 11.8 Å². The Kier molecular flexibility index (Phi) is 7.42. The van der Waals surface area contributed by atoms with Gasteiger partial charge >= 0.3 is 12.0 Å². The van der Waals surface area contributed by atoms with Crippen LogP contribution >= 0.6 is 11.8 Å². The number of aliphatic hydroxyl groups is 4. The zero-order valence-electron chi connectivity index (χ0n) is 16.5. The molecule has 1 saturated heterocycles. The molecule has 2 aromatic heterocycles. The number of aromatic nitrogens is 4. The Labute approximate surface area is 183 Å². The van der Waals surface area contributed by atoms with Gasteiger partial charge in [-0.25, -0.2) is 28.9 Å². The molecule has 7 N–H and O–H groups in total. The first-order valence-electron chi connectivity index (χ1n) is 9.18. The third kappa shape index (κ3) is 4.59. The van der Waals surface area contributed by atoms with Gasteiger partial charge in [0.1, 0.15) is 18.3 Å². The summed E-state index contributed by atoms with van der Waals surface area (Å²) in [5.74, 6) is -1.72. The van der Waals surface area contributed by atoms with Gasteiger partial charge in [-0.15, -0.1) is 0 Å². The topological polar surface area (TPSA) is 212 Å². The van der Waals surface area contributed by atoms with Crippen molar-refractivity contribution in [1.82, 2.24) is 24.8 Å². The fourth-order valence-electron chi connectivity index (χ4n) is 3.05. The highest BCUT2D eigenvalue weighted by Crippen LogP contribution is 2.34. The van der Waals surface area contributed by atoms with Crippen LogP contribution in [-0.4, -0.2) is 107 Å². The quantitative estimate of drug-likeness (QED) is 0.164. The molecule has 6 atom stereocenters. The van der Waals surface area contributed by atoms with Gasteiger partial charge in [0.15, 0.2) is 40.6 Å². The van der Waals surface area contributed by atoms with Gasteiger partial charge in [0.2, 0.25) is 0 Å². The molecule has 14 nitrogen and oxygen atoms in total. The molecule has 176 valence electrons. The highest BCUT2D eigenvalue weighted by molar-refractivity contribution is 7.98. The Morgan fingerprint density at radius 1 is 1.38 bits per heavy atom. The van der Waals surface area contributed by atoms with E-state index in [-0.39, 0.29) is 22.1 Å². The predicted molar refractivity (Wildman–Crippen MR) is 106 cm³/mol. The number of hydrogen-bond donors (Lipinski definition) is 7. The Morgan fingerprint density at radius 2 is 2.09 bits per heavy atom. The molecule has 3 heterocycles. The first-order valence-corrected chi connectivity index (χ1v) is 10.4. The molecule has 16 heteroatoms. The first kappa shape index (κ1) is 24.0. The molecule has 0 spiro atoms. The number of urea groups is 1. The number of halogens is 1. The molecule has 0 aliphatic carbocycles. The highest BCUT2D eigenvalue weighted by atomic mass is 32.2. The Morgan fingerprint density at radius 3 is 2.66 bits per heavy atom. The zero-order chi connectivity index (χ0) is 23.6. The van der Waals surface area contributed by atoms with Crippen LogP contribution in [0.2, 0.25) is 0 Å². The number of nitrogens with one attached hydrogen (secondary N) is 2. The van der Waals surface area contributed by atoms with Gasteiger partial charge in [0.25, 0.3) is 0 Å². The number of thioether (sulfide) groups is 1. The molecular formula is C16H21FN6O8S. The summed E-state index contributed by atoms with van der Waals surface area (Å²) in [6.07, 6.45) is -4.92. The second-order valence-electron chi connectivity index (χ2n) is 6.73. The van der Waals surface area contributed by atoms with Crippen molar-refractivity contribution in [3.8, 4) is 0 Å². The fraction of sp³-hybridized carbons (Fsp3) is 0.562. The second-order valence-corrected chi connectivity index (χ2v) is 7.50. The number of carbonyl (C=O) groups is 2. The maximum absolute atomic E-state index is 14.6. The Balaban J connectivity index is 1.92. The van der Waals surface area contributed by atoms with Crippen molar-refractivity contribution in [2.45, 2.75) is 41.9 Å². The second kappa shape index (κ2) is 9.88. The number of rotatable bonds is 8. The maximum Gasteiger partial charge on any atom is 0.329 e. The summed E-state index contributed by atoms with van der Waals surface area (Å²) in [5, 5.41) is 51.2. The number of amides is 2. The zero-order valence-corrected chi connectivity index (χ0v) is 17.3. The van der Waals surface area contributed by atoms with Crippen molar-refractivity contribution in [2.24, 2.45) is 0 Å². The minimum atomic E-state index is -1.90. The fourth-order valence-corrected chi connectivity index (χ4v) is 3.41. The van der Waals surface area contributed by atoms with E-state index in [9.17, 15) is 29.3 Å². The number of aliphatic carboxylic acids is 1. The molecule has 3 unspecified atom stereocenters. The van der Waals surface area contributed by atoms with Crippen LogP contribution in [0.4, 0.5) is 15.0 Å². The van der Waals surface area contributed by atoms with Crippen molar-refractivity contribution < 1.29 is 44.2 Å². The number of nitrogens with zero attached hydrogens (tertiary/aromatic N) is 4. The Hall–Kier alpha value is -2.63. The lowest BCUT2D eigenvalue weighted by Crippen LogP contribution is -2.51. The number of aliphatic hydroxyl groups excluding tert-OH is 4. The van der Waals surface area contributed by atoms with Crippen LogP contribution in [0.15, 0.2) is 11.5 Å². The van der Waals surface area contributed by atoms with Crippen LogP contribution in [0.25, 0.3) is 11.2 Å². The number of ether oxygens (including phenoxy) is 1. The smallest absolute Gasteiger partial charge is 0.329 e. The SMILES string of the molecule is CSc1nc(NC(=O)NC(C(=O)O)C(O)CO)c2ncn([C@@H]3O[C@H](CO)C(O)[C@@H]3F)c2n1. The number of fused-ring (bicyclic) bond motifs is 1. The van der Waals surface area contributed by atoms with Crippen LogP contribution < -0.4 is 10.6 Å². The number of carboxylic acids is 1. The maximum atomic E-state index is 14.6. The molecule has 32 heavy (non-hydrogen) atoms. The average Bonchev–Trinajstić information content (AvgIpc) is 3.32. The molecule has 2 amide bonds. The van der Waals surface area contributed by atoms with E-state index in [4.69, 9.17) is 14.9 Å². The summed E-state index contributed by atoms with van der Waals surface area (Å²) in [7, 11) is 0. The third-order valence-electron chi connectivity index (χ3n) is 4.69. The normalized spacial score (nSPS) is 24.9. The predicted octanol–water partition coefficient (Wildman–Crippen LogP) is -1.94. The van der Waals surface area contributed by atoms with E-state index in [1.54, 1.807) is 6.26 Å². The molecule has 1 aliphatic heterocycles. The summed E-state index contributed by atoms with van der Waals surface area (Å²) >= 11 is 1.09. The molecule has 1 fully saturated rings. The van der Waals surface area contributed by atoms with Gasteiger partial charge in [-0.05, 0) is 6.26 Å². The minimum absolute atomic E-state index is 0.00488. The highest BCUT2D eigenvalue weighted by Gasteiger charge is 2.45. The van der Waals surface area contributed by atoms with E-state index in [0.717, 1.165) is 18.1 Å². The average molecular weight is 476 g/mol. The molecule has 0 aromatic carbocycles. The summed E-state index contributed by atoms with van der Waals surface area (Å²) in [6.45, 7) is -1.50. The monoisotopic (exact) mass is 476 g/mol. The molecule has 0 bridgehead atoms. The minimum Gasteiger partial charge on any atom is -0.480 e. The Bertz CT molecular complexity index is 995. The van der Waals surface area contributed by atoms with Gasteiger partial charge in [-0.2, -0.15) is 0 Å². The van der Waals surface area contributed by atoms with Gasteiger partial charge in [0, 0.05) is 0 Å². The van der Waals surface area contributed by atoms with Gasteiger partial charge < -0.3 is 35.6 Å². The van der Waals surface area contributed by atoms with Crippen LogP contribution in [0.5, 0.6) is 0 Å². The number of alkyl halides is 1. The lowest BCUT2D eigenvalue weighted by Gasteiger charge is -2.19. The van der Waals surface area contributed by atoms with E-state index < -0.39 is 62.0 Å². The van der Waals surface area contributed by atoms with Gasteiger partial charge in [-0.3, -0.25) is 9.88 Å². The summed E-state index contributed by atoms with van der Waals surface area (Å²) in [4.78, 5) is 35.9. The van der Waals surface area contributed by atoms with Crippen LogP contribution in [-0.2, 0) is 9.53 Å². The summed E-state index contributed by atoms with van der Waals surface area (Å²) in [5.41, 5.74) is 0.0496. The molecule has 0 radical (unpaired) electrons. The number of carbonyl (C=O) groups excluding carboxylic acids is 1. The van der Waals surface area contributed by atoms with Crippen LogP contribution in [0.3, 0.4) is 0 Å². The lowest BCUT2D eigenvalue weighted by atomic mass is 10.1. The van der Waals surface area contributed by atoms with E-state index in [0.29, 0.717) is 0 Å². The molecule has 1 aliphatic rings. The summed E-state index contributed by atoms with van der Waals surface area (Å²) < 4.78 is 21.1. The van der Waals surface area contributed by atoms with E-state index in [1.807, 2.05) is 5.32 Å². The molecule has 2 aromatic rings. The third-order valence-corrected chi connectivity index (χ3v) is 5.24. The largest absolute Gasteiger partial charge is 0.480 e. The number of carboxylic acid groups (broad SMARTS) is 1. The van der Waals surface area contributed by atoms with Crippen molar-refractivity contribution in [3.63, 3.8) is 0 Å². The van der Waals surface area contributed by atoms with Crippen molar-refractivity contribution in [3.05, 3.63) is 6.33 Å². The first-order chi connectivity index (χ1) is 15.2. The number of hydrogen-bond acceptors (Lipinski definition) is 11. The van der Waals surface area contributed by atoms with Crippen molar-refractivity contribution in [2.75, 3.05) is 24.8 Å². The number of anilines is 1. The molecule has 0 saturated carbocycles. The van der Waals surface area contributed by atoms with Crippen LogP contribution in [0.1, 0.15) is 6.23 Å². The molecule has 3 rings (SSSR count). The van der Waals surface area contributed by atoms with Crippen LogP contribution in [0, 0.1) is 0 Å². The van der Waals surface area contributed by atoms with Crippen molar-refractivity contribution >= 4 is 40.7 Å². The van der Waals surface area contributed by atoms with Crippen molar-refractivity contribution in [1.29, 1.82) is 0 Å². The summed E-state index contributed by atoms with van der Waals surface area (Å²) in [6, 6.07) is -2.87.